The summed E-state index contributed by atoms with van der Waals surface area (Å²) in [6.45, 7) is 0.212. The van der Waals surface area contributed by atoms with Crippen LogP contribution in [0.5, 0.6) is 0 Å². The number of benzene rings is 1. The van der Waals surface area contributed by atoms with Gasteiger partial charge in [0.05, 0.1) is 5.56 Å². The van der Waals surface area contributed by atoms with Gasteiger partial charge in [0.2, 0.25) is 0 Å². The van der Waals surface area contributed by atoms with Gasteiger partial charge in [-0.05, 0) is 12.1 Å². The number of amides is 1. The van der Waals surface area contributed by atoms with Crippen LogP contribution in [0.2, 0.25) is 0 Å². The minimum absolute atomic E-state index is 0.203. The Morgan fingerprint density at radius 1 is 1.35 bits per heavy atom. The van der Waals surface area contributed by atoms with Gasteiger partial charge in [0, 0.05) is 44.3 Å². The first-order valence-electron chi connectivity index (χ1n) is 6.24. The topological polar surface area (TPSA) is 45.2 Å². The van der Waals surface area contributed by atoms with Gasteiger partial charge in [0.15, 0.2) is 0 Å². The highest BCUT2D eigenvalue weighted by atomic mass is 19.1. The van der Waals surface area contributed by atoms with Crippen LogP contribution < -0.4 is 5.32 Å². The standard InChI is InChI=1S/C15H16FN3O/c1-17-14-7-8-18-9-12(14)15(20)19(2)10-11-5-3-4-6-13(11)16/h3-9H,10H2,1-2H3,(H,17,18). The molecule has 0 saturated heterocycles. The normalized spacial score (nSPS) is 10.2. The monoisotopic (exact) mass is 273 g/mol. The van der Waals surface area contributed by atoms with Gasteiger partial charge in [-0.2, -0.15) is 0 Å². The summed E-state index contributed by atoms with van der Waals surface area (Å²) in [7, 11) is 3.38. The fraction of sp³-hybridized carbons (Fsp3) is 0.200. The van der Waals surface area contributed by atoms with E-state index in [9.17, 15) is 9.18 Å². The second-order valence-electron chi connectivity index (χ2n) is 4.42. The molecule has 0 aliphatic heterocycles. The highest BCUT2D eigenvalue weighted by molar-refractivity contribution is 5.99. The van der Waals surface area contributed by atoms with Crippen molar-refractivity contribution in [3.05, 3.63) is 59.7 Å². The lowest BCUT2D eigenvalue weighted by atomic mass is 10.1. The zero-order valence-corrected chi connectivity index (χ0v) is 11.4. The van der Waals surface area contributed by atoms with E-state index in [2.05, 4.69) is 10.3 Å². The maximum absolute atomic E-state index is 13.6. The molecule has 0 aliphatic rings. The molecular formula is C15H16FN3O. The molecule has 0 saturated carbocycles. The summed E-state index contributed by atoms with van der Waals surface area (Å²) in [4.78, 5) is 17.8. The number of aromatic nitrogens is 1. The van der Waals surface area contributed by atoms with Crippen LogP contribution in [-0.4, -0.2) is 29.9 Å². The molecular weight excluding hydrogens is 257 g/mol. The number of nitrogens with zero attached hydrogens (tertiary/aromatic N) is 2. The highest BCUT2D eigenvalue weighted by Gasteiger charge is 2.16. The number of nitrogens with one attached hydrogen (secondary N) is 1. The van der Waals surface area contributed by atoms with Crippen molar-refractivity contribution in [3.63, 3.8) is 0 Å². The largest absolute Gasteiger partial charge is 0.387 e. The third kappa shape index (κ3) is 2.93. The number of carbonyl (C=O) groups excluding carboxylic acids is 1. The maximum Gasteiger partial charge on any atom is 0.257 e. The Kier molecular flexibility index (Phi) is 4.30. The molecule has 0 radical (unpaired) electrons. The van der Waals surface area contributed by atoms with E-state index in [0.717, 1.165) is 0 Å². The van der Waals surface area contributed by atoms with Crippen LogP contribution in [0.25, 0.3) is 0 Å². The van der Waals surface area contributed by atoms with E-state index in [1.165, 1.54) is 17.2 Å². The summed E-state index contributed by atoms with van der Waals surface area (Å²) in [6.07, 6.45) is 3.12. The van der Waals surface area contributed by atoms with E-state index >= 15 is 0 Å². The second-order valence-corrected chi connectivity index (χ2v) is 4.42. The molecule has 1 heterocycles. The molecule has 0 aliphatic carbocycles. The second kappa shape index (κ2) is 6.14. The Hall–Kier alpha value is -2.43. The van der Waals surface area contributed by atoms with Gasteiger partial charge in [-0.3, -0.25) is 9.78 Å². The number of hydrogen-bond donors (Lipinski definition) is 1. The Labute approximate surface area is 117 Å². The van der Waals surface area contributed by atoms with Crippen LogP contribution in [0.3, 0.4) is 0 Å². The van der Waals surface area contributed by atoms with Crippen LogP contribution >= 0.6 is 0 Å². The van der Waals surface area contributed by atoms with Gasteiger partial charge in [-0.1, -0.05) is 18.2 Å². The minimum Gasteiger partial charge on any atom is -0.387 e. The average Bonchev–Trinajstić information content (AvgIpc) is 2.48. The van der Waals surface area contributed by atoms with Crippen LogP contribution in [0, 0.1) is 5.82 Å². The lowest BCUT2D eigenvalue weighted by Gasteiger charge is -2.19. The van der Waals surface area contributed by atoms with Crippen LogP contribution in [-0.2, 0) is 6.54 Å². The van der Waals surface area contributed by atoms with Crippen molar-refractivity contribution >= 4 is 11.6 Å². The first-order chi connectivity index (χ1) is 9.63. The molecule has 104 valence electrons. The fourth-order valence-electron chi connectivity index (χ4n) is 1.94. The zero-order valence-electron chi connectivity index (χ0n) is 11.4. The minimum atomic E-state index is -0.313. The molecule has 2 aromatic rings. The molecule has 20 heavy (non-hydrogen) atoms. The van der Waals surface area contributed by atoms with Crippen molar-refractivity contribution in [2.24, 2.45) is 0 Å². The van der Waals surface area contributed by atoms with Crippen LogP contribution in [0.15, 0.2) is 42.7 Å². The molecule has 1 aromatic carbocycles. The predicted molar refractivity (Wildman–Crippen MR) is 76.0 cm³/mol. The molecule has 0 atom stereocenters. The van der Waals surface area contributed by atoms with Crippen molar-refractivity contribution in [1.82, 2.24) is 9.88 Å². The fourth-order valence-corrected chi connectivity index (χ4v) is 1.94. The van der Waals surface area contributed by atoms with Crippen molar-refractivity contribution in [2.45, 2.75) is 6.54 Å². The molecule has 0 bridgehead atoms. The van der Waals surface area contributed by atoms with E-state index in [1.54, 1.807) is 44.6 Å². The average molecular weight is 273 g/mol. The lowest BCUT2D eigenvalue weighted by Crippen LogP contribution is -2.27. The summed E-state index contributed by atoms with van der Waals surface area (Å²) in [5.74, 6) is -0.516. The first-order valence-corrected chi connectivity index (χ1v) is 6.24. The molecule has 1 aromatic heterocycles. The number of hydrogen-bond acceptors (Lipinski definition) is 3. The summed E-state index contributed by atoms with van der Waals surface area (Å²) in [5.41, 5.74) is 1.65. The van der Waals surface area contributed by atoms with Gasteiger partial charge in [0.1, 0.15) is 5.82 Å². The summed E-state index contributed by atoms with van der Waals surface area (Å²) in [6, 6.07) is 8.16. The number of rotatable bonds is 4. The Morgan fingerprint density at radius 3 is 2.80 bits per heavy atom. The number of pyridine rings is 1. The third-order valence-electron chi connectivity index (χ3n) is 3.03. The SMILES string of the molecule is CNc1ccncc1C(=O)N(C)Cc1ccccc1F. The zero-order chi connectivity index (χ0) is 14.5. The van der Waals surface area contributed by atoms with Crippen LogP contribution in [0.4, 0.5) is 10.1 Å². The van der Waals surface area contributed by atoms with Crippen molar-refractivity contribution < 1.29 is 9.18 Å². The maximum atomic E-state index is 13.6. The van der Waals surface area contributed by atoms with E-state index < -0.39 is 0 Å². The van der Waals surface area contributed by atoms with Crippen molar-refractivity contribution in [1.29, 1.82) is 0 Å². The van der Waals surface area contributed by atoms with Crippen molar-refractivity contribution in [2.75, 3.05) is 19.4 Å². The third-order valence-corrected chi connectivity index (χ3v) is 3.03. The number of carbonyl (C=O) groups is 1. The Morgan fingerprint density at radius 2 is 2.10 bits per heavy atom. The van der Waals surface area contributed by atoms with E-state index in [1.807, 2.05) is 0 Å². The molecule has 1 N–H and O–H groups in total. The number of halogens is 1. The Bertz CT molecular complexity index is 616. The lowest BCUT2D eigenvalue weighted by molar-refractivity contribution is 0.0784. The molecule has 4 nitrogen and oxygen atoms in total. The van der Waals surface area contributed by atoms with Crippen molar-refractivity contribution in [3.8, 4) is 0 Å². The molecule has 5 heteroatoms. The molecule has 0 fully saturated rings. The smallest absolute Gasteiger partial charge is 0.257 e. The van der Waals surface area contributed by atoms with Gasteiger partial charge in [0.25, 0.3) is 5.91 Å². The highest BCUT2D eigenvalue weighted by Crippen LogP contribution is 2.16. The molecule has 0 spiro atoms. The van der Waals surface area contributed by atoms with Gasteiger partial charge in [-0.25, -0.2) is 4.39 Å². The van der Waals surface area contributed by atoms with Crippen LogP contribution in [0.1, 0.15) is 15.9 Å². The van der Waals surface area contributed by atoms with E-state index in [-0.39, 0.29) is 18.3 Å². The molecule has 1 amide bonds. The molecule has 2 rings (SSSR count). The van der Waals surface area contributed by atoms with Gasteiger partial charge in [-0.15, -0.1) is 0 Å². The van der Waals surface area contributed by atoms with Gasteiger partial charge >= 0.3 is 0 Å². The predicted octanol–water partition coefficient (Wildman–Crippen LogP) is 2.53. The van der Waals surface area contributed by atoms with E-state index in [4.69, 9.17) is 0 Å². The summed E-state index contributed by atoms with van der Waals surface area (Å²) in [5, 5.41) is 2.95. The quantitative estimate of drug-likeness (QED) is 0.931. The number of anilines is 1. The molecule has 0 unspecified atom stereocenters. The summed E-state index contributed by atoms with van der Waals surface area (Å²) < 4.78 is 13.6. The van der Waals surface area contributed by atoms with E-state index in [0.29, 0.717) is 16.8 Å². The summed E-state index contributed by atoms with van der Waals surface area (Å²) >= 11 is 0. The van der Waals surface area contributed by atoms with Gasteiger partial charge < -0.3 is 10.2 Å². The first kappa shape index (κ1) is 14.0. The Balaban J connectivity index is 2.19.